The predicted octanol–water partition coefficient (Wildman–Crippen LogP) is 5.19. The van der Waals surface area contributed by atoms with E-state index in [1.807, 2.05) is 18.2 Å². The first-order chi connectivity index (χ1) is 9.95. The van der Waals surface area contributed by atoms with Gasteiger partial charge in [0.1, 0.15) is 0 Å². The molecule has 0 saturated carbocycles. The minimum atomic E-state index is 0. The van der Waals surface area contributed by atoms with Crippen LogP contribution in [-0.2, 0) is 24.0 Å². The van der Waals surface area contributed by atoms with Crippen LogP contribution in [0.3, 0.4) is 0 Å². The summed E-state index contributed by atoms with van der Waals surface area (Å²) in [6.07, 6.45) is 11.0. The summed E-state index contributed by atoms with van der Waals surface area (Å²) >= 11 is 3.50. The van der Waals surface area contributed by atoms with Crippen LogP contribution in [0.5, 0.6) is 0 Å². The summed E-state index contributed by atoms with van der Waals surface area (Å²) in [4.78, 5) is 0. The van der Waals surface area contributed by atoms with Gasteiger partial charge in [-0.25, -0.2) is 12.2 Å². The molecule has 0 saturated heterocycles. The van der Waals surface area contributed by atoms with Gasteiger partial charge in [0.05, 0.1) is 0 Å². The second-order valence-corrected chi connectivity index (χ2v) is 4.40. The zero-order chi connectivity index (χ0) is 14.2. The summed E-state index contributed by atoms with van der Waals surface area (Å²) < 4.78 is 0. The Balaban J connectivity index is -0.000000351. The number of benzene rings is 2. The van der Waals surface area contributed by atoms with Crippen LogP contribution in [0.25, 0.3) is 11.1 Å². The van der Waals surface area contributed by atoms with E-state index >= 15 is 0 Å². The third-order valence-corrected chi connectivity index (χ3v) is 3.20. The molecule has 0 aromatic heterocycles. The molecule has 0 bridgehead atoms. The Morgan fingerprint density at radius 1 is 0.917 bits per heavy atom. The third-order valence-electron chi connectivity index (χ3n) is 3.20. The summed E-state index contributed by atoms with van der Waals surface area (Å²) in [6.45, 7) is 0. The van der Waals surface area contributed by atoms with Crippen molar-refractivity contribution in [3.63, 3.8) is 0 Å². The molecule has 0 N–H and O–H groups in total. The van der Waals surface area contributed by atoms with Gasteiger partial charge in [0.2, 0.25) is 0 Å². The SMILES string of the molecule is Cl.Cl.[C-]1=CC=CC1.[CH3-].[CH3-].[Ti]=[GeH2].[c-]1cccc2c1Cc1ccccc1-2. The fourth-order valence-electron chi connectivity index (χ4n) is 2.34. The van der Waals surface area contributed by atoms with Gasteiger partial charge in [0.15, 0.2) is 0 Å². The second-order valence-electron chi connectivity index (χ2n) is 4.40. The van der Waals surface area contributed by atoms with Crippen LogP contribution in [0.1, 0.15) is 17.5 Å². The van der Waals surface area contributed by atoms with Crippen LogP contribution < -0.4 is 0 Å². The fraction of sp³-hybridized carbons (Fsp3) is 0.100. The summed E-state index contributed by atoms with van der Waals surface area (Å²) in [7, 11) is 0. The minimum Gasteiger partial charge on any atom is -0.179 e. The number of allylic oxidation sites excluding steroid dienone is 4. The van der Waals surface area contributed by atoms with E-state index in [1.165, 1.54) is 35.4 Å². The molecule has 2 aliphatic carbocycles. The monoisotopic (exact) mass is 456 g/mol. The molecule has 0 aliphatic heterocycles. The van der Waals surface area contributed by atoms with Crippen LogP contribution >= 0.6 is 24.8 Å². The maximum atomic E-state index is 3.30. The number of rotatable bonds is 0. The van der Waals surface area contributed by atoms with Crippen molar-refractivity contribution in [3.05, 3.63) is 98.8 Å². The third kappa shape index (κ3) is 7.76. The quantitative estimate of drug-likeness (QED) is 0.323. The Kier molecular flexibility index (Phi) is 19.3. The molecule has 2 aliphatic rings. The van der Waals surface area contributed by atoms with Crippen molar-refractivity contribution in [2.24, 2.45) is 0 Å². The average molecular weight is 456 g/mol. The van der Waals surface area contributed by atoms with Crippen molar-refractivity contribution >= 4 is 37.9 Å². The molecule has 0 fully saturated rings. The number of fused-ring (bicyclic) bond motifs is 3. The van der Waals surface area contributed by atoms with E-state index in [1.54, 1.807) is 0 Å². The smallest absolute Gasteiger partial charge is 0.0253 e. The molecule has 130 valence electrons. The van der Waals surface area contributed by atoms with Gasteiger partial charge >= 0.3 is 30.7 Å². The van der Waals surface area contributed by atoms with Crippen LogP contribution in [0.2, 0.25) is 0 Å². The summed E-state index contributed by atoms with van der Waals surface area (Å²) in [5.74, 6) is 0. The first kappa shape index (κ1) is 28.6. The minimum absolute atomic E-state index is 0. The van der Waals surface area contributed by atoms with E-state index in [0.29, 0.717) is 0 Å². The molecule has 0 radical (unpaired) electrons. The van der Waals surface area contributed by atoms with Gasteiger partial charge in [-0.05, 0) is 6.42 Å². The molecule has 0 heterocycles. The van der Waals surface area contributed by atoms with Crippen LogP contribution in [0.4, 0.5) is 0 Å². The molecule has 2 aromatic carbocycles. The van der Waals surface area contributed by atoms with Crippen LogP contribution in [-0.4, -0.2) is 13.1 Å². The summed E-state index contributed by atoms with van der Waals surface area (Å²) in [5, 5.41) is 0. The van der Waals surface area contributed by atoms with E-state index < -0.39 is 0 Å². The van der Waals surface area contributed by atoms with Gasteiger partial charge in [-0.2, -0.15) is 35.9 Å². The van der Waals surface area contributed by atoms with Gasteiger partial charge in [0, 0.05) is 0 Å². The summed E-state index contributed by atoms with van der Waals surface area (Å²) in [6, 6.07) is 18.1. The van der Waals surface area contributed by atoms with Crippen molar-refractivity contribution < 1.29 is 17.6 Å². The fourth-order valence-corrected chi connectivity index (χ4v) is 2.34. The second kappa shape index (κ2) is 16.2. The molecule has 0 spiro atoms. The van der Waals surface area contributed by atoms with Gasteiger partial charge in [-0.1, -0.05) is 35.4 Å². The van der Waals surface area contributed by atoms with Crippen LogP contribution in [0.15, 0.2) is 60.7 Å². The Morgan fingerprint density at radius 3 is 2.17 bits per heavy atom. The molecule has 0 amide bonds. The van der Waals surface area contributed by atoms with Gasteiger partial charge < -0.3 is 14.9 Å². The van der Waals surface area contributed by atoms with Crippen molar-refractivity contribution in [3.8, 4) is 11.1 Å². The molecule has 4 heteroatoms. The molecular weight excluding hydrogens is 432 g/mol. The average Bonchev–Trinajstić information content (AvgIpc) is 3.20. The van der Waals surface area contributed by atoms with E-state index in [2.05, 4.69) is 72.2 Å². The Hall–Kier alpha value is -0.243. The Labute approximate surface area is 177 Å². The standard InChI is InChI=1S/C13H9.C5H5.2CH3.2ClH.GeH2.Ti/c1-3-7-12-10(5-1)9-11-6-2-4-8-13(11)12;1-2-4-5-3-1;;;;;;/h1-5,7-8H,9H2;1-3H,4H2;2*1H3;2*1H;1H2;/q4*-1;;;;. The van der Waals surface area contributed by atoms with E-state index in [9.17, 15) is 0 Å². The molecule has 0 nitrogen and oxygen atoms in total. The Bertz CT molecular complexity index is 586. The topological polar surface area (TPSA) is 0 Å². The maximum absolute atomic E-state index is 3.30. The van der Waals surface area contributed by atoms with E-state index in [0.717, 1.165) is 12.8 Å². The van der Waals surface area contributed by atoms with Gasteiger partial charge in [-0.3, -0.25) is 6.08 Å². The molecule has 4 rings (SSSR count). The van der Waals surface area contributed by atoms with E-state index in [4.69, 9.17) is 0 Å². The van der Waals surface area contributed by atoms with Gasteiger partial charge in [0.25, 0.3) is 0 Å². The largest absolute Gasteiger partial charge is 0.179 e. The molecular formula is C20H24Cl2GeTi-4. The normalized spacial score (nSPS) is 10.5. The molecule has 24 heavy (non-hydrogen) atoms. The molecule has 0 unspecified atom stereocenters. The molecule has 0 atom stereocenters. The van der Waals surface area contributed by atoms with Crippen molar-refractivity contribution in [1.29, 1.82) is 0 Å². The zero-order valence-electron chi connectivity index (χ0n) is 14.2. The Morgan fingerprint density at radius 2 is 1.58 bits per heavy atom. The van der Waals surface area contributed by atoms with Crippen LogP contribution in [0, 0.1) is 27.0 Å². The number of hydrogen-bond acceptors (Lipinski definition) is 0. The van der Waals surface area contributed by atoms with Gasteiger partial charge in [-0.15, -0.1) is 36.8 Å². The molecule has 2 aromatic rings. The zero-order valence-corrected chi connectivity index (χ0v) is 20.4. The summed E-state index contributed by atoms with van der Waals surface area (Å²) in [5.41, 5.74) is 5.51. The van der Waals surface area contributed by atoms with Crippen molar-refractivity contribution in [2.45, 2.75) is 12.8 Å². The first-order valence-electron chi connectivity index (χ1n) is 6.60. The predicted molar refractivity (Wildman–Crippen MR) is 111 cm³/mol. The number of hydrogen-bond donors (Lipinski definition) is 0. The van der Waals surface area contributed by atoms with Crippen molar-refractivity contribution in [2.75, 3.05) is 0 Å². The van der Waals surface area contributed by atoms with Crippen molar-refractivity contribution in [1.82, 2.24) is 0 Å². The number of halogens is 2. The van der Waals surface area contributed by atoms with E-state index in [-0.39, 0.29) is 39.7 Å². The maximum Gasteiger partial charge on any atom is -0.0253 e. The first-order valence-corrected chi connectivity index (χ1v) is 13.8.